The first-order chi connectivity index (χ1) is 11.7. The average molecular weight is 327 g/mol. The quantitative estimate of drug-likeness (QED) is 0.845. The number of hydrogen-bond donors (Lipinski definition) is 1. The van der Waals surface area contributed by atoms with Crippen molar-refractivity contribution in [1.82, 2.24) is 14.9 Å². The summed E-state index contributed by atoms with van der Waals surface area (Å²) in [5, 5.41) is 3.29. The Morgan fingerprint density at radius 3 is 2.62 bits per heavy atom. The number of piperazine rings is 1. The number of anilines is 3. The van der Waals surface area contributed by atoms with Crippen LogP contribution in [0.3, 0.4) is 0 Å². The summed E-state index contributed by atoms with van der Waals surface area (Å²) in [4.78, 5) is 23.8. The molecule has 1 aromatic heterocycles. The van der Waals surface area contributed by atoms with Gasteiger partial charge in [0.15, 0.2) is 0 Å². The first-order valence-corrected chi connectivity index (χ1v) is 7.89. The third kappa shape index (κ3) is 3.56. The van der Waals surface area contributed by atoms with Gasteiger partial charge in [-0.05, 0) is 19.1 Å². The molecule has 1 aliphatic rings. The molecule has 0 unspecified atom stereocenters. The van der Waals surface area contributed by atoms with Crippen LogP contribution in [0.15, 0.2) is 30.3 Å². The molecule has 3 rings (SSSR count). The van der Waals surface area contributed by atoms with Gasteiger partial charge in [-0.3, -0.25) is 4.79 Å². The van der Waals surface area contributed by atoms with E-state index in [4.69, 9.17) is 4.74 Å². The Kier molecular flexibility index (Phi) is 4.79. The molecule has 1 saturated heterocycles. The summed E-state index contributed by atoms with van der Waals surface area (Å²) in [6.45, 7) is 4.83. The third-order valence-electron chi connectivity index (χ3n) is 3.98. The number of para-hydroxylation sites is 2. The van der Waals surface area contributed by atoms with E-state index in [9.17, 15) is 4.79 Å². The molecule has 2 heterocycles. The van der Waals surface area contributed by atoms with Gasteiger partial charge in [0.25, 0.3) is 0 Å². The monoisotopic (exact) mass is 327 g/mol. The number of ether oxygens (including phenoxy) is 1. The fourth-order valence-electron chi connectivity index (χ4n) is 2.72. The highest BCUT2D eigenvalue weighted by atomic mass is 16.5. The Labute approximate surface area is 141 Å². The minimum absolute atomic E-state index is 0.697. The molecule has 1 aromatic carbocycles. The Bertz CT molecular complexity index is 714. The Balaban J connectivity index is 1.80. The minimum atomic E-state index is 0.697. The summed E-state index contributed by atoms with van der Waals surface area (Å²) in [5.74, 6) is 3.04. The number of methoxy groups -OCH3 is 1. The van der Waals surface area contributed by atoms with Gasteiger partial charge in [-0.25, -0.2) is 9.97 Å². The Hall–Kier alpha value is -2.83. The van der Waals surface area contributed by atoms with E-state index in [0.29, 0.717) is 18.9 Å². The molecule has 1 aliphatic heterocycles. The zero-order valence-corrected chi connectivity index (χ0v) is 13.9. The number of hydrogen-bond acceptors (Lipinski definition) is 6. The smallest absolute Gasteiger partial charge is 0.209 e. The number of carbonyl (C=O) groups excluding carboxylic acids is 1. The van der Waals surface area contributed by atoms with Gasteiger partial charge in [0, 0.05) is 32.2 Å². The Morgan fingerprint density at radius 2 is 1.92 bits per heavy atom. The molecule has 0 bridgehead atoms. The first-order valence-electron chi connectivity index (χ1n) is 7.89. The lowest BCUT2D eigenvalue weighted by atomic mass is 10.3. The molecular formula is C17H21N5O2. The van der Waals surface area contributed by atoms with Crippen LogP contribution in [-0.4, -0.2) is 54.6 Å². The fourth-order valence-corrected chi connectivity index (χ4v) is 2.72. The minimum Gasteiger partial charge on any atom is -0.495 e. The molecule has 126 valence electrons. The highest BCUT2D eigenvalue weighted by Crippen LogP contribution is 2.27. The Morgan fingerprint density at radius 1 is 1.17 bits per heavy atom. The molecule has 0 spiro atoms. The largest absolute Gasteiger partial charge is 0.495 e. The van der Waals surface area contributed by atoms with E-state index in [1.807, 2.05) is 37.3 Å². The molecule has 1 N–H and O–H groups in total. The maximum Gasteiger partial charge on any atom is 0.209 e. The van der Waals surface area contributed by atoms with E-state index < -0.39 is 0 Å². The van der Waals surface area contributed by atoms with Crippen molar-refractivity contribution >= 4 is 23.7 Å². The van der Waals surface area contributed by atoms with E-state index in [0.717, 1.165) is 42.6 Å². The van der Waals surface area contributed by atoms with Gasteiger partial charge in [0.1, 0.15) is 23.2 Å². The number of aryl methyl sites for hydroxylation is 1. The summed E-state index contributed by atoms with van der Waals surface area (Å²) < 4.78 is 5.36. The number of benzene rings is 1. The molecule has 1 fully saturated rings. The second kappa shape index (κ2) is 7.16. The number of nitrogens with zero attached hydrogens (tertiary/aromatic N) is 4. The van der Waals surface area contributed by atoms with Crippen molar-refractivity contribution in [2.75, 3.05) is 43.5 Å². The van der Waals surface area contributed by atoms with Crippen LogP contribution in [0.4, 0.5) is 17.3 Å². The van der Waals surface area contributed by atoms with Crippen molar-refractivity contribution in [1.29, 1.82) is 0 Å². The van der Waals surface area contributed by atoms with Crippen LogP contribution < -0.4 is 15.0 Å². The van der Waals surface area contributed by atoms with Gasteiger partial charge in [-0.15, -0.1) is 0 Å². The van der Waals surface area contributed by atoms with Crippen LogP contribution in [0.1, 0.15) is 5.82 Å². The van der Waals surface area contributed by atoms with E-state index in [2.05, 4.69) is 20.2 Å². The van der Waals surface area contributed by atoms with Crippen molar-refractivity contribution in [3.63, 3.8) is 0 Å². The highest BCUT2D eigenvalue weighted by Gasteiger charge is 2.18. The zero-order valence-electron chi connectivity index (χ0n) is 13.9. The zero-order chi connectivity index (χ0) is 16.9. The fraction of sp³-hybridized carbons (Fsp3) is 0.353. The SMILES string of the molecule is COc1ccccc1Nc1cc(N2CCN(C=O)CC2)nc(C)n1. The predicted molar refractivity (Wildman–Crippen MR) is 92.9 cm³/mol. The molecule has 0 atom stereocenters. The highest BCUT2D eigenvalue weighted by molar-refractivity contribution is 5.65. The van der Waals surface area contributed by atoms with Crippen LogP contribution in [0.2, 0.25) is 0 Å². The van der Waals surface area contributed by atoms with Crippen molar-refractivity contribution in [2.45, 2.75) is 6.92 Å². The average Bonchev–Trinajstić information content (AvgIpc) is 2.62. The van der Waals surface area contributed by atoms with Gasteiger partial charge in [0.2, 0.25) is 6.41 Å². The van der Waals surface area contributed by atoms with Crippen molar-refractivity contribution in [3.8, 4) is 5.75 Å². The maximum atomic E-state index is 10.8. The second-order valence-electron chi connectivity index (χ2n) is 5.61. The molecule has 2 aromatic rings. The van der Waals surface area contributed by atoms with E-state index in [1.54, 1.807) is 12.0 Å². The van der Waals surface area contributed by atoms with Gasteiger partial charge >= 0.3 is 0 Å². The van der Waals surface area contributed by atoms with Crippen molar-refractivity contribution in [3.05, 3.63) is 36.2 Å². The third-order valence-corrected chi connectivity index (χ3v) is 3.98. The molecule has 0 aliphatic carbocycles. The van der Waals surface area contributed by atoms with E-state index in [1.165, 1.54) is 0 Å². The normalized spacial score (nSPS) is 14.4. The predicted octanol–water partition coefficient (Wildman–Crippen LogP) is 1.82. The number of nitrogens with one attached hydrogen (secondary N) is 1. The second-order valence-corrected chi connectivity index (χ2v) is 5.61. The number of amides is 1. The van der Waals surface area contributed by atoms with Crippen LogP contribution in [0, 0.1) is 6.92 Å². The summed E-state index contributed by atoms with van der Waals surface area (Å²) in [7, 11) is 1.64. The van der Waals surface area contributed by atoms with Crippen LogP contribution >= 0.6 is 0 Å². The molecule has 24 heavy (non-hydrogen) atoms. The molecule has 0 saturated carbocycles. The summed E-state index contributed by atoms with van der Waals surface area (Å²) in [6.07, 6.45) is 0.900. The number of aromatic nitrogens is 2. The van der Waals surface area contributed by atoms with Gasteiger partial charge in [0.05, 0.1) is 12.8 Å². The van der Waals surface area contributed by atoms with Crippen molar-refractivity contribution in [2.24, 2.45) is 0 Å². The first kappa shape index (κ1) is 16.0. The topological polar surface area (TPSA) is 70.6 Å². The summed E-state index contributed by atoms with van der Waals surface area (Å²) in [6, 6.07) is 9.64. The lowest BCUT2D eigenvalue weighted by Crippen LogP contribution is -2.46. The maximum absolute atomic E-state index is 10.8. The molecule has 1 amide bonds. The summed E-state index contributed by atoms with van der Waals surface area (Å²) in [5.41, 5.74) is 0.856. The molecule has 0 radical (unpaired) electrons. The number of rotatable bonds is 5. The van der Waals surface area contributed by atoms with Gasteiger partial charge in [-0.2, -0.15) is 0 Å². The van der Waals surface area contributed by atoms with Crippen LogP contribution in [0.5, 0.6) is 5.75 Å². The van der Waals surface area contributed by atoms with E-state index in [-0.39, 0.29) is 0 Å². The lowest BCUT2D eigenvalue weighted by Gasteiger charge is -2.33. The van der Waals surface area contributed by atoms with E-state index >= 15 is 0 Å². The molecule has 7 heteroatoms. The van der Waals surface area contributed by atoms with Crippen LogP contribution in [-0.2, 0) is 4.79 Å². The van der Waals surface area contributed by atoms with Crippen LogP contribution in [0.25, 0.3) is 0 Å². The molecule has 7 nitrogen and oxygen atoms in total. The van der Waals surface area contributed by atoms with Gasteiger partial charge < -0.3 is 19.9 Å². The summed E-state index contributed by atoms with van der Waals surface area (Å²) >= 11 is 0. The standard InChI is InChI=1S/C17H21N5O2/c1-13-18-16(20-14-5-3-4-6-15(14)24-2)11-17(19-13)22-9-7-21(12-23)8-10-22/h3-6,11-12H,7-10H2,1-2H3,(H,18,19,20). The lowest BCUT2D eigenvalue weighted by molar-refractivity contribution is -0.118. The van der Waals surface area contributed by atoms with Gasteiger partial charge in [-0.1, -0.05) is 12.1 Å². The molecular weight excluding hydrogens is 306 g/mol. The number of carbonyl (C=O) groups is 1. The van der Waals surface area contributed by atoms with Crippen molar-refractivity contribution < 1.29 is 9.53 Å².